The molecule has 1 unspecified atom stereocenters. The van der Waals surface area contributed by atoms with Gasteiger partial charge in [0.05, 0.1) is 17.4 Å². The molecule has 0 fully saturated rings. The minimum Gasteiger partial charge on any atom is -0.294 e. The first kappa shape index (κ1) is 20.4. The van der Waals surface area contributed by atoms with Crippen LogP contribution in [0, 0.1) is 5.82 Å². The predicted octanol–water partition coefficient (Wildman–Crippen LogP) is 4.94. The minimum absolute atomic E-state index is 0.120. The van der Waals surface area contributed by atoms with E-state index in [4.69, 9.17) is 4.99 Å². The number of hydrogen-bond acceptors (Lipinski definition) is 4. The van der Waals surface area contributed by atoms with Crippen molar-refractivity contribution in [1.82, 2.24) is 19.7 Å². The highest BCUT2D eigenvalue weighted by molar-refractivity contribution is 6.15. The van der Waals surface area contributed by atoms with E-state index < -0.39 is 0 Å². The number of halogens is 1. The molecule has 1 aromatic heterocycles. The van der Waals surface area contributed by atoms with Crippen LogP contribution in [0.4, 0.5) is 4.39 Å². The summed E-state index contributed by atoms with van der Waals surface area (Å²) in [7, 11) is 0. The summed E-state index contributed by atoms with van der Waals surface area (Å²) in [5, 5.41) is 9.04. The Morgan fingerprint density at radius 1 is 0.967 bits per heavy atom. The Labute approximate surface area is 177 Å². The number of para-hydroxylation sites is 1. The number of nitrogens with zero attached hydrogens (tertiary/aromatic N) is 5. The van der Waals surface area contributed by atoms with Gasteiger partial charge in [0.15, 0.2) is 11.6 Å². The zero-order valence-electron chi connectivity index (χ0n) is 17.8. The summed E-state index contributed by atoms with van der Waals surface area (Å²) in [6.45, 7) is 8.97. The third-order valence-electron chi connectivity index (χ3n) is 5.61. The maximum absolute atomic E-state index is 14.6. The normalized spacial score (nSPS) is 14.1. The third kappa shape index (κ3) is 3.67. The topological polar surface area (TPSA) is 46.3 Å². The predicted molar refractivity (Wildman–Crippen MR) is 118 cm³/mol. The molecule has 3 aromatic rings. The maximum Gasteiger partial charge on any atom is 0.159 e. The van der Waals surface area contributed by atoms with Crippen molar-refractivity contribution in [1.29, 1.82) is 0 Å². The molecule has 0 aliphatic carbocycles. The van der Waals surface area contributed by atoms with Crippen LogP contribution in [0.15, 0.2) is 53.5 Å². The van der Waals surface area contributed by atoms with Gasteiger partial charge in [0, 0.05) is 11.1 Å². The average molecular weight is 406 g/mol. The van der Waals surface area contributed by atoms with Gasteiger partial charge in [-0.3, -0.25) is 14.5 Å². The summed E-state index contributed by atoms with van der Waals surface area (Å²) >= 11 is 0. The molecule has 30 heavy (non-hydrogen) atoms. The second kappa shape index (κ2) is 8.88. The smallest absolute Gasteiger partial charge is 0.159 e. The molecule has 156 valence electrons. The highest BCUT2D eigenvalue weighted by Gasteiger charge is 2.27. The van der Waals surface area contributed by atoms with Crippen molar-refractivity contribution in [2.24, 2.45) is 4.99 Å². The van der Waals surface area contributed by atoms with Gasteiger partial charge in [-0.15, -0.1) is 10.2 Å². The van der Waals surface area contributed by atoms with Gasteiger partial charge in [-0.25, -0.2) is 4.39 Å². The lowest BCUT2D eigenvalue weighted by Gasteiger charge is -2.28. The minimum atomic E-state index is -0.269. The van der Waals surface area contributed by atoms with Crippen LogP contribution in [-0.4, -0.2) is 38.5 Å². The highest BCUT2D eigenvalue weighted by Crippen LogP contribution is 2.30. The van der Waals surface area contributed by atoms with Crippen LogP contribution in [0.25, 0.3) is 5.69 Å². The molecule has 0 saturated heterocycles. The first-order chi connectivity index (χ1) is 14.7. The molecule has 4 rings (SSSR count). The Morgan fingerprint density at radius 2 is 1.63 bits per heavy atom. The van der Waals surface area contributed by atoms with E-state index >= 15 is 0 Å². The van der Waals surface area contributed by atoms with Gasteiger partial charge >= 0.3 is 0 Å². The van der Waals surface area contributed by atoms with Gasteiger partial charge in [-0.1, -0.05) is 44.2 Å². The number of aliphatic imine (C=N–C) groups is 1. The van der Waals surface area contributed by atoms with Gasteiger partial charge in [-0.2, -0.15) is 0 Å². The van der Waals surface area contributed by atoms with Crippen molar-refractivity contribution in [3.05, 3.63) is 77.1 Å². The summed E-state index contributed by atoms with van der Waals surface area (Å²) in [4.78, 5) is 7.21. The fraction of sp³-hybridized carbons (Fsp3) is 0.375. The number of hydrogen-bond donors (Lipinski definition) is 0. The molecule has 2 aromatic carbocycles. The average Bonchev–Trinajstić information content (AvgIpc) is 3.11. The molecule has 0 amide bonds. The van der Waals surface area contributed by atoms with E-state index in [0.717, 1.165) is 48.8 Å². The molecule has 0 radical (unpaired) electrons. The standard InChI is InChI=1S/C24H28FN5/c1-4-14-29(15-5-2)17(3)24-28-27-22-16-26-23(18-10-6-8-12-20(18)25)19-11-7-9-13-21(19)30(22)24/h6-13,17H,4-5,14-16H2,1-3H3. The van der Waals surface area contributed by atoms with Crippen molar-refractivity contribution in [3.8, 4) is 5.69 Å². The largest absolute Gasteiger partial charge is 0.294 e. The molecule has 5 nitrogen and oxygen atoms in total. The Morgan fingerprint density at radius 3 is 2.33 bits per heavy atom. The fourth-order valence-electron chi connectivity index (χ4n) is 4.19. The highest BCUT2D eigenvalue weighted by atomic mass is 19.1. The molecule has 1 aliphatic heterocycles. The van der Waals surface area contributed by atoms with Crippen LogP contribution >= 0.6 is 0 Å². The lowest BCUT2D eigenvalue weighted by Crippen LogP contribution is -2.30. The van der Waals surface area contributed by atoms with E-state index in [1.165, 1.54) is 6.07 Å². The second-order valence-corrected chi connectivity index (χ2v) is 7.68. The van der Waals surface area contributed by atoms with Crippen molar-refractivity contribution in [2.75, 3.05) is 13.1 Å². The molecule has 0 N–H and O–H groups in total. The zero-order chi connectivity index (χ0) is 21.1. The maximum atomic E-state index is 14.6. The summed E-state index contributed by atoms with van der Waals surface area (Å²) in [6.07, 6.45) is 2.17. The van der Waals surface area contributed by atoms with Crippen molar-refractivity contribution in [3.63, 3.8) is 0 Å². The molecular weight excluding hydrogens is 377 g/mol. The van der Waals surface area contributed by atoms with Gasteiger partial charge in [0.2, 0.25) is 0 Å². The zero-order valence-corrected chi connectivity index (χ0v) is 17.8. The van der Waals surface area contributed by atoms with Crippen LogP contribution in [0.2, 0.25) is 0 Å². The SMILES string of the molecule is CCCN(CCC)C(C)c1nnc2n1-c1ccccc1C(c1ccccc1F)=NC2. The number of fused-ring (bicyclic) bond motifs is 3. The van der Waals surface area contributed by atoms with Crippen molar-refractivity contribution in [2.45, 2.75) is 46.2 Å². The Bertz CT molecular complexity index is 1050. The van der Waals surface area contributed by atoms with E-state index in [1.807, 2.05) is 30.3 Å². The summed E-state index contributed by atoms with van der Waals surface area (Å²) < 4.78 is 16.7. The molecule has 0 bridgehead atoms. The monoisotopic (exact) mass is 405 g/mol. The van der Waals surface area contributed by atoms with E-state index in [-0.39, 0.29) is 11.9 Å². The van der Waals surface area contributed by atoms with Crippen LogP contribution in [0.5, 0.6) is 0 Å². The molecule has 2 heterocycles. The van der Waals surface area contributed by atoms with Crippen LogP contribution in [-0.2, 0) is 6.54 Å². The molecule has 1 atom stereocenters. The molecule has 1 aliphatic rings. The third-order valence-corrected chi connectivity index (χ3v) is 5.61. The van der Waals surface area contributed by atoms with E-state index in [0.29, 0.717) is 17.8 Å². The van der Waals surface area contributed by atoms with E-state index in [2.05, 4.69) is 40.4 Å². The number of rotatable bonds is 7. The van der Waals surface area contributed by atoms with Crippen molar-refractivity contribution < 1.29 is 4.39 Å². The first-order valence-corrected chi connectivity index (χ1v) is 10.7. The van der Waals surface area contributed by atoms with Gasteiger partial charge in [-0.05, 0) is 51.1 Å². The van der Waals surface area contributed by atoms with E-state index in [9.17, 15) is 4.39 Å². The Hall–Kier alpha value is -2.86. The molecule has 0 spiro atoms. The van der Waals surface area contributed by atoms with E-state index in [1.54, 1.807) is 12.1 Å². The lowest BCUT2D eigenvalue weighted by molar-refractivity contribution is 0.202. The number of aromatic nitrogens is 3. The lowest BCUT2D eigenvalue weighted by atomic mass is 10.00. The van der Waals surface area contributed by atoms with Crippen LogP contribution in [0.3, 0.4) is 0 Å². The van der Waals surface area contributed by atoms with Crippen molar-refractivity contribution >= 4 is 5.71 Å². The Balaban J connectivity index is 1.83. The van der Waals surface area contributed by atoms with Gasteiger partial charge in [0.1, 0.15) is 12.4 Å². The quantitative estimate of drug-likeness (QED) is 0.559. The molecule has 0 saturated carbocycles. The Kier molecular flexibility index (Phi) is 6.04. The van der Waals surface area contributed by atoms with Gasteiger partial charge in [0.25, 0.3) is 0 Å². The molecule has 6 heteroatoms. The van der Waals surface area contributed by atoms with Gasteiger partial charge < -0.3 is 0 Å². The summed E-state index contributed by atoms with van der Waals surface area (Å²) in [6, 6.07) is 14.9. The molecular formula is C24H28FN5. The van der Waals surface area contributed by atoms with Crippen LogP contribution in [0.1, 0.15) is 62.4 Å². The fourth-order valence-corrected chi connectivity index (χ4v) is 4.19. The first-order valence-electron chi connectivity index (χ1n) is 10.7. The number of benzene rings is 2. The second-order valence-electron chi connectivity index (χ2n) is 7.68. The van der Waals surface area contributed by atoms with Crippen LogP contribution < -0.4 is 0 Å². The summed E-state index contributed by atoms with van der Waals surface area (Å²) in [5.74, 6) is 1.42. The summed E-state index contributed by atoms with van der Waals surface area (Å²) in [5.41, 5.74) is 3.02.